The number of rotatable bonds is 2. The molecule has 1 rings (SSSR count). The lowest BCUT2D eigenvalue weighted by Gasteiger charge is -2.28. The lowest BCUT2D eigenvalue weighted by atomic mass is 10.1. The molecule has 94 valence electrons. The van der Waals surface area contributed by atoms with Crippen molar-refractivity contribution in [2.75, 3.05) is 5.32 Å². The Morgan fingerprint density at radius 2 is 1.76 bits per heavy atom. The van der Waals surface area contributed by atoms with Gasteiger partial charge in [-0.1, -0.05) is 70.1 Å². The SMILES string of the molecule is CC(=O)Nc1cccc(C(Cl)(Cl)C(Cl)(Cl)Cl)c1. The van der Waals surface area contributed by atoms with Crippen molar-refractivity contribution in [3.05, 3.63) is 29.8 Å². The molecule has 0 aliphatic rings. The van der Waals surface area contributed by atoms with Crippen molar-refractivity contribution in [3.63, 3.8) is 0 Å². The summed E-state index contributed by atoms with van der Waals surface area (Å²) in [5, 5.41) is 2.58. The van der Waals surface area contributed by atoms with Gasteiger partial charge in [0.1, 0.15) is 0 Å². The van der Waals surface area contributed by atoms with Crippen molar-refractivity contribution >= 4 is 69.6 Å². The number of halogens is 5. The molecular weight excluding hydrogens is 327 g/mol. The first-order valence-electron chi connectivity index (χ1n) is 4.47. The van der Waals surface area contributed by atoms with Gasteiger partial charge in [-0.15, -0.1) is 0 Å². The summed E-state index contributed by atoms with van der Waals surface area (Å²) in [5.74, 6) is -0.217. The van der Waals surface area contributed by atoms with E-state index in [1.54, 1.807) is 24.3 Å². The Hall–Kier alpha value is 0.140. The molecule has 17 heavy (non-hydrogen) atoms. The molecule has 0 radical (unpaired) electrons. The number of benzene rings is 1. The number of hydrogen-bond acceptors (Lipinski definition) is 1. The van der Waals surface area contributed by atoms with Gasteiger partial charge >= 0.3 is 0 Å². The van der Waals surface area contributed by atoms with Crippen molar-refractivity contribution < 1.29 is 4.79 Å². The van der Waals surface area contributed by atoms with E-state index < -0.39 is 8.13 Å². The van der Waals surface area contributed by atoms with E-state index in [1.165, 1.54) is 6.92 Å². The van der Waals surface area contributed by atoms with Crippen LogP contribution in [-0.4, -0.2) is 9.70 Å². The standard InChI is InChI=1S/C10H8Cl5NO/c1-6(17)16-8-4-2-3-7(5-8)9(11,12)10(13,14)15/h2-5H,1H3,(H,16,17). The van der Waals surface area contributed by atoms with Crippen LogP contribution in [0.25, 0.3) is 0 Å². The summed E-state index contributed by atoms with van der Waals surface area (Å²) in [6.45, 7) is 1.39. The maximum absolute atomic E-state index is 10.9. The van der Waals surface area contributed by atoms with E-state index in [0.29, 0.717) is 11.3 Å². The molecule has 0 atom stereocenters. The first-order valence-corrected chi connectivity index (χ1v) is 6.36. The number of alkyl halides is 5. The first-order chi connectivity index (χ1) is 7.64. The molecule has 0 aliphatic carbocycles. The maximum Gasteiger partial charge on any atom is 0.227 e. The Balaban J connectivity index is 3.11. The van der Waals surface area contributed by atoms with Crippen molar-refractivity contribution in [1.29, 1.82) is 0 Å². The van der Waals surface area contributed by atoms with Crippen LogP contribution < -0.4 is 5.32 Å². The minimum atomic E-state index is -1.88. The largest absolute Gasteiger partial charge is 0.326 e. The molecule has 0 heterocycles. The minimum Gasteiger partial charge on any atom is -0.326 e. The monoisotopic (exact) mass is 333 g/mol. The molecule has 0 aliphatic heterocycles. The van der Waals surface area contributed by atoms with E-state index in [-0.39, 0.29) is 5.91 Å². The highest BCUT2D eigenvalue weighted by atomic mass is 35.6. The number of carbonyl (C=O) groups is 1. The molecule has 1 aromatic carbocycles. The Morgan fingerprint density at radius 1 is 1.18 bits per heavy atom. The van der Waals surface area contributed by atoms with E-state index in [0.717, 1.165) is 0 Å². The fourth-order valence-corrected chi connectivity index (χ4v) is 1.72. The average Bonchev–Trinajstić information content (AvgIpc) is 2.15. The van der Waals surface area contributed by atoms with Crippen LogP contribution in [0.4, 0.5) is 5.69 Å². The number of anilines is 1. The Bertz CT molecular complexity index is 427. The van der Waals surface area contributed by atoms with Crippen LogP contribution in [0.1, 0.15) is 12.5 Å². The van der Waals surface area contributed by atoms with E-state index in [9.17, 15) is 4.79 Å². The molecular formula is C10H8Cl5NO. The zero-order valence-corrected chi connectivity index (χ0v) is 12.4. The van der Waals surface area contributed by atoms with Crippen LogP contribution in [0.5, 0.6) is 0 Å². The number of amides is 1. The summed E-state index contributed by atoms with van der Waals surface area (Å²) >= 11 is 29.1. The second kappa shape index (κ2) is 5.41. The molecule has 1 aromatic rings. The molecule has 1 N–H and O–H groups in total. The van der Waals surface area contributed by atoms with Crippen LogP contribution in [0.2, 0.25) is 0 Å². The fraction of sp³-hybridized carbons (Fsp3) is 0.300. The predicted octanol–water partition coefficient (Wildman–Crippen LogP) is 4.65. The van der Waals surface area contributed by atoms with Gasteiger partial charge in [-0.05, 0) is 17.7 Å². The molecule has 2 nitrogen and oxygen atoms in total. The first kappa shape index (κ1) is 15.2. The molecule has 0 spiro atoms. The quantitative estimate of drug-likeness (QED) is 0.784. The third-order valence-electron chi connectivity index (χ3n) is 1.90. The summed E-state index contributed by atoms with van der Waals surface area (Å²) in [7, 11) is 0. The molecule has 0 unspecified atom stereocenters. The zero-order valence-electron chi connectivity index (χ0n) is 8.61. The van der Waals surface area contributed by atoms with Crippen LogP contribution >= 0.6 is 58.0 Å². The molecule has 0 fully saturated rings. The van der Waals surface area contributed by atoms with Gasteiger partial charge in [0.05, 0.1) is 0 Å². The van der Waals surface area contributed by atoms with Gasteiger partial charge in [-0.25, -0.2) is 0 Å². The van der Waals surface area contributed by atoms with Gasteiger partial charge in [0.2, 0.25) is 9.70 Å². The molecule has 0 aromatic heterocycles. The van der Waals surface area contributed by atoms with Gasteiger partial charge in [0, 0.05) is 12.6 Å². The van der Waals surface area contributed by atoms with E-state index in [4.69, 9.17) is 58.0 Å². The predicted molar refractivity (Wildman–Crippen MR) is 74.4 cm³/mol. The number of hydrogen-bond donors (Lipinski definition) is 1. The van der Waals surface area contributed by atoms with Crippen molar-refractivity contribution in [3.8, 4) is 0 Å². The molecule has 0 bridgehead atoms. The topological polar surface area (TPSA) is 29.1 Å². The zero-order chi connectivity index (χ0) is 13.3. The van der Waals surface area contributed by atoms with E-state index in [2.05, 4.69) is 5.32 Å². The molecule has 0 saturated heterocycles. The Morgan fingerprint density at radius 3 is 2.24 bits per heavy atom. The summed E-state index contributed by atoms with van der Waals surface area (Å²) in [4.78, 5) is 10.9. The lowest BCUT2D eigenvalue weighted by molar-refractivity contribution is -0.114. The Labute approximate surface area is 124 Å². The van der Waals surface area contributed by atoms with E-state index >= 15 is 0 Å². The smallest absolute Gasteiger partial charge is 0.227 e. The Kier molecular flexibility index (Phi) is 4.84. The molecule has 0 saturated carbocycles. The minimum absolute atomic E-state index is 0.217. The number of carbonyl (C=O) groups excluding carboxylic acids is 1. The summed E-state index contributed by atoms with van der Waals surface area (Å²) in [6, 6.07) is 6.47. The van der Waals surface area contributed by atoms with Gasteiger partial charge in [0.25, 0.3) is 0 Å². The van der Waals surface area contributed by atoms with E-state index in [1.807, 2.05) is 0 Å². The van der Waals surface area contributed by atoms with Crippen molar-refractivity contribution in [2.24, 2.45) is 0 Å². The number of nitrogens with one attached hydrogen (secondary N) is 1. The van der Waals surface area contributed by atoms with Gasteiger partial charge in [0.15, 0.2) is 4.33 Å². The second-order valence-corrected chi connectivity index (χ2v) is 6.94. The van der Waals surface area contributed by atoms with Crippen LogP contribution in [0, 0.1) is 0 Å². The fourth-order valence-electron chi connectivity index (χ4n) is 1.16. The second-order valence-electron chi connectivity index (χ2n) is 3.33. The van der Waals surface area contributed by atoms with Crippen molar-refractivity contribution in [2.45, 2.75) is 15.0 Å². The van der Waals surface area contributed by atoms with Gasteiger partial charge in [-0.2, -0.15) is 0 Å². The van der Waals surface area contributed by atoms with Crippen LogP contribution in [0.3, 0.4) is 0 Å². The van der Waals surface area contributed by atoms with Crippen LogP contribution in [0.15, 0.2) is 24.3 Å². The average molecular weight is 335 g/mol. The highest BCUT2D eigenvalue weighted by Gasteiger charge is 2.47. The van der Waals surface area contributed by atoms with Crippen molar-refractivity contribution in [1.82, 2.24) is 0 Å². The van der Waals surface area contributed by atoms with Gasteiger partial charge in [-0.3, -0.25) is 4.79 Å². The maximum atomic E-state index is 10.9. The third-order valence-corrected chi connectivity index (χ3v) is 4.34. The lowest BCUT2D eigenvalue weighted by Crippen LogP contribution is -2.28. The normalized spacial score (nSPS) is 12.4. The molecule has 1 amide bonds. The summed E-state index contributed by atoms with van der Waals surface area (Å²) < 4.78 is -3.59. The highest BCUT2D eigenvalue weighted by molar-refractivity contribution is 6.75. The third kappa shape index (κ3) is 3.80. The summed E-state index contributed by atoms with van der Waals surface area (Å²) in [5.41, 5.74) is 0.905. The summed E-state index contributed by atoms with van der Waals surface area (Å²) in [6.07, 6.45) is 0. The molecule has 7 heteroatoms. The van der Waals surface area contributed by atoms with Gasteiger partial charge < -0.3 is 5.32 Å². The van der Waals surface area contributed by atoms with Crippen LogP contribution in [-0.2, 0) is 9.13 Å². The highest BCUT2D eigenvalue weighted by Crippen LogP contribution is 2.53.